The van der Waals surface area contributed by atoms with Crippen molar-refractivity contribution in [3.63, 3.8) is 0 Å². The molecule has 9 heteroatoms. The molecule has 0 bridgehead atoms. The zero-order valence-electron chi connectivity index (χ0n) is 16.7. The van der Waals surface area contributed by atoms with Crippen molar-refractivity contribution < 1.29 is 27.8 Å². The molecule has 0 spiro atoms. The van der Waals surface area contributed by atoms with Crippen molar-refractivity contribution in [1.29, 1.82) is 0 Å². The van der Waals surface area contributed by atoms with Gasteiger partial charge in [-0.2, -0.15) is 0 Å². The van der Waals surface area contributed by atoms with E-state index in [4.69, 9.17) is 9.47 Å². The van der Waals surface area contributed by atoms with Crippen LogP contribution in [-0.2, 0) is 16.1 Å². The Hall–Kier alpha value is -3.49. The van der Waals surface area contributed by atoms with Crippen molar-refractivity contribution in [3.8, 4) is 5.75 Å². The molecular weight excluding hydrogens is 396 g/mol. The largest absolute Gasteiger partial charge is 0.485 e. The highest BCUT2D eigenvalue weighted by atomic mass is 19.1. The van der Waals surface area contributed by atoms with Gasteiger partial charge in [0, 0.05) is 6.20 Å². The number of methoxy groups -OCH3 is 1. The number of carbonyl (C=O) groups is 2. The smallest absolute Gasteiger partial charge is 0.328 e. The van der Waals surface area contributed by atoms with Crippen LogP contribution in [0.1, 0.15) is 35.1 Å². The monoisotopic (exact) mass is 417 g/mol. The van der Waals surface area contributed by atoms with Crippen LogP contribution in [0, 0.1) is 18.6 Å². The van der Waals surface area contributed by atoms with Gasteiger partial charge in [0.2, 0.25) is 0 Å². The van der Waals surface area contributed by atoms with Gasteiger partial charge in [-0.25, -0.2) is 18.6 Å². The lowest BCUT2D eigenvalue weighted by Gasteiger charge is -2.14. The van der Waals surface area contributed by atoms with E-state index in [1.165, 1.54) is 17.6 Å². The van der Waals surface area contributed by atoms with Crippen LogP contribution >= 0.6 is 0 Å². The van der Waals surface area contributed by atoms with Crippen LogP contribution in [0.3, 0.4) is 0 Å². The lowest BCUT2D eigenvalue weighted by atomic mass is 10.2. The summed E-state index contributed by atoms with van der Waals surface area (Å²) < 4.78 is 39.5. The van der Waals surface area contributed by atoms with Crippen LogP contribution in [0.2, 0.25) is 0 Å². The number of pyridine rings is 1. The van der Waals surface area contributed by atoms with Crippen molar-refractivity contribution in [1.82, 2.24) is 14.7 Å². The number of fused-ring (bicyclic) bond motifs is 1. The predicted molar refractivity (Wildman–Crippen MR) is 104 cm³/mol. The van der Waals surface area contributed by atoms with Gasteiger partial charge in [0.1, 0.15) is 30.0 Å². The molecule has 0 aliphatic carbocycles. The second kappa shape index (κ2) is 8.89. The van der Waals surface area contributed by atoms with Gasteiger partial charge in [-0.05, 0) is 37.6 Å². The van der Waals surface area contributed by atoms with Crippen molar-refractivity contribution in [2.24, 2.45) is 0 Å². The Balaban J connectivity index is 1.90. The lowest BCUT2D eigenvalue weighted by Crippen LogP contribution is -2.41. The van der Waals surface area contributed by atoms with Gasteiger partial charge in [-0.1, -0.05) is 13.0 Å². The maximum Gasteiger partial charge on any atom is 0.328 e. The molecule has 0 fully saturated rings. The van der Waals surface area contributed by atoms with E-state index in [0.29, 0.717) is 17.8 Å². The molecule has 0 radical (unpaired) electrons. The minimum atomic E-state index is -0.795. The van der Waals surface area contributed by atoms with E-state index in [9.17, 15) is 18.4 Å². The van der Waals surface area contributed by atoms with E-state index in [-0.39, 0.29) is 23.6 Å². The number of rotatable bonds is 7. The molecule has 2 aromatic heterocycles. The third-order valence-corrected chi connectivity index (χ3v) is 4.64. The zero-order valence-corrected chi connectivity index (χ0v) is 16.7. The van der Waals surface area contributed by atoms with Crippen LogP contribution in [0.15, 0.2) is 36.5 Å². The summed E-state index contributed by atoms with van der Waals surface area (Å²) in [5, 5.41) is 2.63. The van der Waals surface area contributed by atoms with Crippen LogP contribution in [0.25, 0.3) is 5.65 Å². The second-order valence-corrected chi connectivity index (χ2v) is 6.56. The molecule has 0 aliphatic rings. The molecule has 3 rings (SSSR count). The number of nitrogens with zero attached hydrogens (tertiary/aromatic N) is 2. The van der Waals surface area contributed by atoms with Gasteiger partial charge >= 0.3 is 5.97 Å². The van der Waals surface area contributed by atoms with Gasteiger partial charge in [0.25, 0.3) is 5.91 Å². The standard InChI is InChI=1S/C21H21F2N3O4/c1-4-16(21(28)29-3)25-20(27)18-12(2)24-19-17(9-6-10-26(18)19)30-11-13-14(22)7-5-8-15(13)23/h5-10,16H,4,11H2,1-3H3,(H,25,27)/t16-/m0/s1. The Labute approximate surface area is 171 Å². The number of esters is 1. The van der Waals surface area contributed by atoms with Crippen LogP contribution in [-0.4, -0.2) is 34.4 Å². The topological polar surface area (TPSA) is 81.9 Å². The van der Waals surface area contributed by atoms with E-state index >= 15 is 0 Å². The Morgan fingerprint density at radius 2 is 1.90 bits per heavy atom. The summed E-state index contributed by atoms with van der Waals surface area (Å²) in [5.41, 5.74) is 0.725. The second-order valence-electron chi connectivity index (χ2n) is 6.56. The van der Waals surface area contributed by atoms with Gasteiger partial charge < -0.3 is 14.8 Å². The third kappa shape index (κ3) is 4.10. The lowest BCUT2D eigenvalue weighted by molar-refractivity contribution is -0.142. The molecule has 0 saturated heterocycles. The van der Waals surface area contributed by atoms with Gasteiger partial charge in [0.15, 0.2) is 11.4 Å². The molecule has 0 unspecified atom stereocenters. The Bertz CT molecular complexity index is 1080. The van der Waals surface area contributed by atoms with Crippen LogP contribution in [0.4, 0.5) is 8.78 Å². The highest BCUT2D eigenvalue weighted by Crippen LogP contribution is 2.24. The number of ether oxygens (including phenoxy) is 2. The normalized spacial score (nSPS) is 11.9. The fraction of sp³-hybridized carbons (Fsp3) is 0.286. The highest BCUT2D eigenvalue weighted by molar-refractivity contribution is 5.97. The molecule has 1 aromatic carbocycles. The summed E-state index contributed by atoms with van der Waals surface area (Å²) in [6.45, 7) is 3.05. The summed E-state index contributed by atoms with van der Waals surface area (Å²) in [6, 6.07) is 5.98. The van der Waals surface area contributed by atoms with Crippen molar-refractivity contribution >= 4 is 17.5 Å². The molecule has 0 saturated carbocycles. The Morgan fingerprint density at radius 1 is 1.20 bits per heavy atom. The van der Waals surface area contributed by atoms with E-state index < -0.39 is 29.6 Å². The first-order valence-electron chi connectivity index (χ1n) is 9.29. The van der Waals surface area contributed by atoms with Crippen LogP contribution in [0.5, 0.6) is 5.75 Å². The summed E-state index contributed by atoms with van der Waals surface area (Å²) >= 11 is 0. The van der Waals surface area contributed by atoms with E-state index in [1.807, 2.05) is 0 Å². The molecule has 3 aromatic rings. The first kappa shape index (κ1) is 21.2. The summed E-state index contributed by atoms with van der Waals surface area (Å²) in [5.74, 6) is -2.23. The molecule has 30 heavy (non-hydrogen) atoms. The quantitative estimate of drug-likeness (QED) is 0.597. The number of carbonyl (C=O) groups excluding carboxylic acids is 2. The van der Waals surface area contributed by atoms with E-state index in [2.05, 4.69) is 10.3 Å². The number of imidazole rings is 1. The van der Waals surface area contributed by atoms with Gasteiger partial charge in [0.05, 0.1) is 18.4 Å². The number of aryl methyl sites for hydroxylation is 1. The first-order valence-corrected chi connectivity index (χ1v) is 9.29. The number of benzene rings is 1. The molecule has 7 nitrogen and oxygen atoms in total. The molecule has 0 aliphatic heterocycles. The number of hydrogen-bond acceptors (Lipinski definition) is 5. The third-order valence-electron chi connectivity index (χ3n) is 4.64. The fourth-order valence-corrected chi connectivity index (χ4v) is 3.06. The molecular formula is C21H21F2N3O4. The predicted octanol–water partition coefficient (Wildman–Crippen LogP) is 3.18. The minimum absolute atomic E-state index is 0.204. The average Bonchev–Trinajstić information content (AvgIpc) is 3.07. The molecule has 1 N–H and O–H groups in total. The Kier molecular flexibility index (Phi) is 6.29. The summed E-state index contributed by atoms with van der Waals surface area (Å²) in [4.78, 5) is 28.9. The zero-order chi connectivity index (χ0) is 21.8. The number of aromatic nitrogens is 2. The van der Waals surface area contributed by atoms with Crippen molar-refractivity contribution in [2.45, 2.75) is 32.9 Å². The minimum Gasteiger partial charge on any atom is -0.485 e. The van der Waals surface area contributed by atoms with Crippen molar-refractivity contribution in [3.05, 3.63) is 65.1 Å². The van der Waals surface area contributed by atoms with Gasteiger partial charge in [-0.3, -0.25) is 9.20 Å². The van der Waals surface area contributed by atoms with Gasteiger partial charge in [-0.15, -0.1) is 0 Å². The molecule has 1 amide bonds. The first-order chi connectivity index (χ1) is 14.4. The number of halogens is 2. The molecule has 158 valence electrons. The summed E-state index contributed by atoms with van der Waals surface area (Å²) in [6.07, 6.45) is 1.97. The molecule has 1 atom stereocenters. The van der Waals surface area contributed by atoms with Crippen LogP contribution < -0.4 is 10.1 Å². The SMILES string of the molecule is CC[C@H](NC(=O)c1c(C)nc2c(OCc3c(F)cccc3F)cccn12)C(=O)OC. The maximum atomic E-state index is 13.9. The number of nitrogens with one attached hydrogen (secondary N) is 1. The van der Waals surface area contributed by atoms with Crippen molar-refractivity contribution in [2.75, 3.05) is 7.11 Å². The highest BCUT2D eigenvalue weighted by Gasteiger charge is 2.24. The van der Waals surface area contributed by atoms with E-state index in [0.717, 1.165) is 12.1 Å². The maximum absolute atomic E-state index is 13.9. The summed E-state index contributed by atoms with van der Waals surface area (Å²) in [7, 11) is 1.25. The van der Waals surface area contributed by atoms with E-state index in [1.54, 1.807) is 32.2 Å². The fourth-order valence-electron chi connectivity index (χ4n) is 3.06. The average molecular weight is 417 g/mol. The Morgan fingerprint density at radius 3 is 2.53 bits per heavy atom. The number of hydrogen-bond donors (Lipinski definition) is 1. The number of amides is 1. The molecule has 2 heterocycles.